The Hall–Kier alpha value is 0.660. The number of likely N-dealkylation sites (N-methyl/N-ethyl adjacent to an activating group) is 1. The summed E-state index contributed by atoms with van der Waals surface area (Å²) in [4.78, 5) is 0. The van der Waals surface area contributed by atoms with Crippen molar-refractivity contribution in [3.63, 3.8) is 0 Å². The molecule has 0 aromatic carbocycles. The van der Waals surface area contributed by atoms with Gasteiger partial charge in [0.25, 0.3) is 0 Å². The van der Waals surface area contributed by atoms with Crippen molar-refractivity contribution in [3.8, 4) is 0 Å². The predicted octanol–water partition coefficient (Wildman–Crippen LogP) is 0.229. The van der Waals surface area contributed by atoms with Crippen molar-refractivity contribution in [3.05, 3.63) is 12.7 Å². The van der Waals surface area contributed by atoms with E-state index < -0.39 is 0 Å². The fourth-order valence-corrected chi connectivity index (χ4v) is 0.300. The second kappa shape index (κ2) is 10.7. The summed E-state index contributed by atoms with van der Waals surface area (Å²) in [6, 6.07) is 0. The van der Waals surface area contributed by atoms with Gasteiger partial charge >= 0.3 is 29.6 Å². The third-order valence-electron chi connectivity index (χ3n) is 0.771. The molecule has 2 nitrogen and oxygen atoms in total. The molecule has 0 bridgehead atoms. The van der Waals surface area contributed by atoms with Crippen molar-refractivity contribution in [2.24, 2.45) is 0 Å². The molecule has 0 aliphatic rings. The van der Waals surface area contributed by atoms with Crippen LogP contribution < -0.4 is 0 Å². The number of hydrogen-bond donors (Lipinski definition) is 1. The molecule has 64 valence electrons. The van der Waals surface area contributed by atoms with E-state index >= 15 is 0 Å². The summed E-state index contributed by atoms with van der Waals surface area (Å²) in [7, 11) is 6.16. The maximum atomic E-state index is 8.39. The average Bonchev–Trinajstić information content (AvgIpc) is 1.63. The third kappa shape index (κ3) is 36.8. The zero-order valence-corrected chi connectivity index (χ0v) is 7.59. The topological polar surface area (TPSA) is 20.2 Å². The second-order valence-corrected chi connectivity index (χ2v) is 3.15. The van der Waals surface area contributed by atoms with E-state index in [4.69, 9.17) is 5.11 Å². The molecular formula is C8H21NNaO+. The Morgan fingerprint density at radius 1 is 1.36 bits per heavy atom. The Labute approximate surface area is 92.8 Å². The number of aliphatic hydroxyl groups excluding tert-OH is 1. The zero-order chi connectivity index (χ0) is 8.62. The van der Waals surface area contributed by atoms with E-state index in [1.54, 1.807) is 6.08 Å². The van der Waals surface area contributed by atoms with Gasteiger partial charge in [-0.2, -0.15) is 0 Å². The predicted molar refractivity (Wildman–Crippen MR) is 53.0 cm³/mol. The number of nitrogens with zero attached hydrogens (tertiary/aromatic N) is 1. The minimum atomic E-state index is 0. The number of quaternary nitrogens is 1. The number of hydrogen-bond acceptors (Lipinski definition) is 1. The molecule has 0 aliphatic heterocycles. The number of rotatable bonds is 2. The van der Waals surface area contributed by atoms with Gasteiger partial charge in [-0.3, -0.25) is 0 Å². The zero-order valence-electron chi connectivity index (χ0n) is 7.59. The Morgan fingerprint density at radius 3 is 1.64 bits per heavy atom. The monoisotopic (exact) mass is 170 g/mol. The van der Waals surface area contributed by atoms with Gasteiger partial charge in [-0.05, 0) is 6.92 Å². The number of aliphatic hydroxyl groups is 1. The summed E-state index contributed by atoms with van der Waals surface area (Å²) in [6.45, 7) is 6.36. The van der Waals surface area contributed by atoms with Crippen LogP contribution in [0, 0.1) is 0 Å². The Kier molecular flexibility index (Phi) is 17.1. The van der Waals surface area contributed by atoms with E-state index in [-0.39, 0.29) is 36.2 Å². The SMILES string of the molecule is C=CC.C[N+](C)(C)CCO.[NaH]. The first kappa shape index (κ1) is 17.7. The van der Waals surface area contributed by atoms with Crippen molar-refractivity contribution in [2.75, 3.05) is 34.3 Å². The summed E-state index contributed by atoms with van der Waals surface area (Å²) < 4.78 is 0.844. The first-order valence-electron chi connectivity index (χ1n) is 3.46. The summed E-state index contributed by atoms with van der Waals surface area (Å²) in [5, 5.41) is 8.39. The van der Waals surface area contributed by atoms with Crippen molar-refractivity contribution in [1.82, 2.24) is 0 Å². The molecule has 0 aliphatic carbocycles. The fourth-order valence-electron chi connectivity index (χ4n) is 0.300. The quantitative estimate of drug-likeness (QED) is 0.357. The van der Waals surface area contributed by atoms with Crippen LogP contribution in [0.1, 0.15) is 6.92 Å². The van der Waals surface area contributed by atoms with E-state index in [9.17, 15) is 0 Å². The molecule has 0 saturated heterocycles. The first-order valence-corrected chi connectivity index (χ1v) is 3.46. The van der Waals surface area contributed by atoms with Gasteiger partial charge in [-0.15, -0.1) is 6.58 Å². The van der Waals surface area contributed by atoms with Crippen LogP contribution >= 0.6 is 0 Å². The van der Waals surface area contributed by atoms with Gasteiger partial charge in [-0.25, -0.2) is 0 Å². The standard InChI is InChI=1S/C5H14NO.C3H6.Na.H/c1-6(2,3)4-5-7;1-3-2;;/h7H,4-5H2,1-3H3;3H,1H2,2H3;;/q+1;;;. The summed E-state index contributed by atoms with van der Waals surface area (Å²) in [5.41, 5.74) is 0. The molecule has 0 amide bonds. The maximum absolute atomic E-state index is 8.39. The van der Waals surface area contributed by atoms with Gasteiger partial charge in [0.15, 0.2) is 0 Å². The molecular weight excluding hydrogens is 149 g/mol. The molecule has 0 aromatic rings. The van der Waals surface area contributed by atoms with E-state index in [0.717, 1.165) is 11.0 Å². The van der Waals surface area contributed by atoms with Crippen LogP contribution in [-0.4, -0.2) is 73.4 Å². The molecule has 11 heavy (non-hydrogen) atoms. The summed E-state index contributed by atoms with van der Waals surface area (Å²) >= 11 is 0. The van der Waals surface area contributed by atoms with Crippen LogP contribution in [0.5, 0.6) is 0 Å². The van der Waals surface area contributed by atoms with Gasteiger partial charge < -0.3 is 9.59 Å². The molecule has 0 aromatic heterocycles. The van der Waals surface area contributed by atoms with Crippen LogP contribution in [0.4, 0.5) is 0 Å². The molecule has 1 N–H and O–H groups in total. The van der Waals surface area contributed by atoms with Crippen LogP contribution in [0.2, 0.25) is 0 Å². The van der Waals surface area contributed by atoms with Gasteiger partial charge in [-0.1, -0.05) is 6.08 Å². The molecule has 0 unspecified atom stereocenters. The molecule has 0 radical (unpaired) electrons. The first-order chi connectivity index (χ1) is 4.47. The van der Waals surface area contributed by atoms with Gasteiger partial charge in [0, 0.05) is 0 Å². The normalized spacial score (nSPS) is 8.82. The van der Waals surface area contributed by atoms with E-state index in [1.807, 2.05) is 6.92 Å². The second-order valence-electron chi connectivity index (χ2n) is 3.15. The summed E-state index contributed by atoms with van der Waals surface area (Å²) in [6.07, 6.45) is 1.75. The van der Waals surface area contributed by atoms with Crippen LogP contribution in [0.25, 0.3) is 0 Å². The Bertz CT molecular complexity index is 78.7. The van der Waals surface area contributed by atoms with E-state index in [0.29, 0.717) is 0 Å². The average molecular weight is 170 g/mol. The molecule has 3 heteroatoms. The van der Waals surface area contributed by atoms with Crippen LogP contribution in [0.15, 0.2) is 12.7 Å². The van der Waals surface area contributed by atoms with Gasteiger partial charge in [0.1, 0.15) is 6.54 Å². The van der Waals surface area contributed by atoms with Crippen molar-refractivity contribution in [2.45, 2.75) is 6.92 Å². The van der Waals surface area contributed by atoms with Crippen molar-refractivity contribution < 1.29 is 9.59 Å². The molecule has 0 fully saturated rings. The Balaban J connectivity index is -0.000000140. The van der Waals surface area contributed by atoms with E-state index in [1.165, 1.54) is 0 Å². The van der Waals surface area contributed by atoms with Gasteiger partial charge in [0.2, 0.25) is 0 Å². The minimum absolute atomic E-state index is 0. The van der Waals surface area contributed by atoms with E-state index in [2.05, 4.69) is 27.7 Å². The fraction of sp³-hybridized carbons (Fsp3) is 0.750. The molecule has 0 atom stereocenters. The molecule has 0 spiro atoms. The summed E-state index contributed by atoms with van der Waals surface area (Å²) in [5.74, 6) is 0. The number of allylic oxidation sites excluding steroid dienone is 1. The molecule has 0 heterocycles. The van der Waals surface area contributed by atoms with Gasteiger partial charge in [0.05, 0.1) is 27.7 Å². The third-order valence-corrected chi connectivity index (χ3v) is 0.771. The Morgan fingerprint density at radius 2 is 1.64 bits per heavy atom. The van der Waals surface area contributed by atoms with Crippen LogP contribution in [-0.2, 0) is 0 Å². The van der Waals surface area contributed by atoms with Crippen molar-refractivity contribution in [1.29, 1.82) is 0 Å². The molecule has 0 saturated carbocycles. The van der Waals surface area contributed by atoms with Crippen molar-refractivity contribution >= 4 is 29.6 Å². The van der Waals surface area contributed by atoms with Crippen LogP contribution in [0.3, 0.4) is 0 Å². The molecule has 0 rings (SSSR count).